The number of nitrogens with zero attached hydrogens (tertiary/aromatic N) is 1. The molecule has 2 atom stereocenters. The van der Waals surface area contributed by atoms with Crippen molar-refractivity contribution < 1.29 is 9.53 Å². The van der Waals surface area contributed by atoms with Crippen molar-refractivity contribution in [1.82, 2.24) is 4.90 Å². The van der Waals surface area contributed by atoms with E-state index < -0.39 is 0 Å². The zero-order valence-electron chi connectivity index (χ0n) is 12.7. The second-order valence-corrected chi connectivity index (χ2v) is 7.12. The van der Waals surface area contributed by atoms with E-state index in [0.717, 1.165) is 31.3 Å². The van der Waals surface area contributed by atoms with Crippen molar-refractivity contribution in [3.05, 3.63) is 0 Å². The summed E-state index contributed by atoms with van der Waals surface area (Å²) < 4.78 is 5.22. The van der Waals surface area contributed by atoms with Crippen LogP contribution in [0.3, 0.4) is 0 Å². The van der Waals surface area contributed by atoms with Crippen molar-refractivity contribution in [3.8, 4) is 0 Å². The lowest BCUT2D eigenvalue weighted by molar-refractivity contribution is -0.151. The molecule has 0 amide bonds. The molecule has 0 radical (unpaired) electrons. The Morgan fingerprint density at radius 2 is 2.11 bits per heavy atom. The lowest BCUT2D eigenvalue weighted by Gasteiger charge is -2.39. The number of carbonyl (C=O) groups is 1. The fourth-order valence-electron chi connectivity index (χ4n) is 2.55. The monoisotopic (exact) mass is 333 g/mol. The molecule has 1 rings (SSSR count). The molecule has 1 saturated heterocycles. The van der Waals surface area contributed by atoms with Gasteiger partial charge in [0, 0.05) is 11.9 Å². The SMILES string of the molecule is CCOC(=O)C1CCCCN1CC(CBr)C(C)(C)C. The summed E-state index contributed by atoms with van der Waals surface area (Å²) in [7, 11) is 0. The number of rotatable bonds is 5. The van der Waals surface area contributed by atoms with Crippen LogP contribution in [-0.4, -0.2) is 41.9 Å². The average molecular weight is 334 g/mol. The van der Waals surface area contributed by atoms with E-state index in [1.165, 1.54) is 6.42 Å². The molecule has 19 heavy (non-hydrogen) atoms. The highest BCUT2D eigenvalue weighted by atomic mass is 79.9. The number of ether oxygens (including phenoxy) is 1. The summed E-state index contributed by atoms with van der Waals surface area (Å²) in [6.07, 6.45) is 3.27. The maximum Gasteiger partial charge on any atom is 0.323 e. The molecular formula is C15H28BrNO2. The summed E-state index contributed by atoms with van der Waals surface area (Å²) in [4.78, 5) is 14.4. The first-order valence-corrected chi connectivity index (χ1v) is 8.49. The van der Waals surface area contributed by atoms with Crippen molar-refractivity contribution >= 4 is 21.9 Å². The standard InChI is InChI=1S/C15H28BrNO2/c1-5-19-14(18)13-8-6-7-9-17(13)11-12(10-16)15(2,3)4/h12-13H,5-11H2,1-4H3. The first-order valence-electron chi connectivity index (χ1n) is 7.36. The number of esters is 1. The lowest BCUT2D eigenvalue weighted by Crippen LogP contribution is -2.49. The first-order chi connectivity index (χ1) is 8.90. The molecule has 0 N–H and O–H groups in total. The number of carbonyl (C=O) groups excluding carboxylic acids is 1. The Morgan fingerprint density at radius 3 is 2.63 bits per heavy atom. The van der Waals surface area contributed by atoms with Gasteiger partial charge in [0.1, 0.15) is 6.04 Å². The van der Waals surface area contributed by atoms with E-state index in [9.17, 15) is 4.79 Å². The van der Waals surface area contributed by atoms with Crippen LogP contribution in [0.1, 0.15) is 47.0 Å². The van der Waals surface area contributed by atoms with Crippen LogP contribution in [0.2, 0.25) is 0 Å². The van der Waals surface area contributed by atoms with Crippen LogP contribution in [0.4, 0.5) is 0 Å². The van der Waals surface area contributed by atoms with Gasteiger partial charge < -0.3 is 4.74 Å². The third-order valence-electron chi connectivity index (χ3n) is 4.04. The molecule has 0 saturated carbocycles. The van der Waals surface area contributed by atoms with Gasteiger partial charge in [-0.2, -0.15) is 0 Å². The minimum absolute atomic E-state index is 0.0300. The van der Waals surface area contributed by atoms with Crippen molar-refractivity contribution in [1.29, 1.82) is 0 Å². The summed E-state index contributed by atoms with van der Waals surface area (Å²) in [5.41, 5.74) is 0.250. The molecule has 1 aliphatic rings. The van der Waals surface area contributed by atoms with E-state index in [1.807, 2.05) is 6.92 Å². The molecule has 112 valence electrons. The Balaban J connectivity index is 2.69. The maximum absolute atomic E-state index is 12.1. The largest absolute Gasteiger partial charge is 0.465 e. The number of hydrogen-bond acceptors (Lipinski definition) is 3. The Bertz CT molecular complexity index is 288. The summed E-state index contributed by atoms with van der Waals surface area (Å²) in [5.74, 6) is 0.506. The molecule has 0 aliphatic carbocycles. The van der Waals surface area contributed by atoms with Gasteiger partial charge in [0.25, 0.3) is 0 Å². The highest BCUT2D eigenvalue weighted by molar-refractivity contribution is 9.09. The van der Waals surface area contributed by atoms with Gasteiger partial charge in [0.15, 0.2) is 0 Å². The van der Waals surface area contributed by atoms with Crippen LogP contribution < -0.4 is 0 Å². The quantitative estimate of drug-likeness (QED) is 0.570. The van der Waals surface area contributed by atoms with Crippen LogP contribution in [0, 0.1) is 11.3 Å². The van der Waals surface area contributed by atoms with Crippen molar-refractivity contribution in [3.63, 3.8) is 0 Å². The van der Waals surface area contributed by atoms with Gasteiger partial charge in [-0.15, -0.1) is 0 Å². The molecule has 0 spiro atoms. The Labute approximate surface area is 126 Å². The van der Waals surface area contributed by atoms with E-state index in [-0.39, 0.29) is 17.4 Å². The molecule has 1 aliphatic heterocycles. The number of alkyl halides is 1. The topological polar surface area (TPSA) is 29.5 Å². The van der Waals surface area contributed by atoms with E-state index in [0.29, 0.717) is 12.5 Å². The van der Waals surface area contributed by atoms with Crippen LogP contribution in [0.15, 0.2) is 0 Å². The third-order valence-corrected chi connectivity index (χ3v) is 4.82. The van der Waals surface area contributed by atoms with Crippen molar-refractivity contribution in [2.75, 3.05) is 25.0 Å². The molecule has 0 bridgehead atoms. The molecule has 1 heterocycles. The molecule has 0 aromatic rings. The van der Waals surface area contributed by atoms with E-state index in [1.54, 1.807) is 0 Å². The van der Waals surface area contributed by atoms with Gasteiger partial charge in [-0.05, 0) is 37.6 Å². The average Bonchev–Trinajstić information content (AvgIpc) is 2.35. The fourth-order valence-corrected chi connectivity index (χ4v) is 3.73. The van der Waals surface area contributed by atoms with Gasteiger partial charge >= 0.3 is 5.97 Å². The predicted octanol–water partition coefficient (Wildman–Crippen LogP) is 3.46. The van der Waals surface area contributed by atoms with E-state index in [4.69, 9.17) is 4.74 Å². The van der Waals surface area contributed by atoms with E-state index in [2.05, 4.69) is 41.6 Å². The number of hydrogen-bond donors (Lipinski definition) is 0. The molecule has 1 fully saturated rings. The van der Waals surface area contributed by atoms with Gasteiger partial charge in [0.2, 0.25) is 0 Å². The molecule has 3 nitrogen and oxygen atoms in total. The summed E-state index contributed by atoms with van der Waals surface area (Å²) in [5, 5.41) is 0.975. The van der Waals surface area contributed by atoms with Crippen molar-refractivity contribution in [2.24, 2.45) is 11.3 Å². The molecule has 0 aromatic heterocycles. The number of halogens is 1. The zero-order chi connectivity index (χ0) is 14.5. The van der Waals surface area contributed by atoms with E-state index >= 15 is 0 Å². The number of piperidine rings is 1. The highest BCUT2D eigenvalue weighted by Gasteiger charge is 2.33. The van der Waals surface area contributed by atoms with Crippen molar-refractivity contribution in [2.45, 2.75) is 53.0 Å². The Hall–Kier alpha value is -0.0900. The minimum Gasteiger partial charge on any atom is -0.465 e. The normalized spacial score (nSPS) is 23.1. The summed E-state index contributed by atoms with van der Waals surface area (Å²) in [6, 6.07) is -0.0300. The van der Waals surface area contributed by atoms with Crippen LogP contribution >= 0.6 is 15.9 Å². The second kappa shape index (κ2) is 7.63. The predicted molar refractivity (Wildman–Crippen MR) is 82.6 cm³/mol. The molecule has 4 heteroatoms. The first kappa shape index (κ1) is 17.0. The van der Waals surface area contributed by atoms with Crippen LogP contribution in [0.25, 0.3) is 0 Å². The highest BCUT2D eigenvalue weighted by Crippen LogP contribution is 2.30. The zero-order valence-corrected chi connectivity index (χ0v) is 14.3. The molecular weight excluding hydrogens is 306 g/mol. The van der Waals surface area contributed by atoms with Gasteiger partial charge in [0.05, 0.1) is 6.61 Å². The Morgan fingerprint density at radius 1 is 1.42 bits per heavy atom. The molecule has 2 unspecified atom stereocenters. The van der Waals surface area contributed by atoms with Crippen LogP contribution in [0.5, 0.6) is 0 Å². The van der Waals surface area contributed by atoms with Gasteiger partial charge in [-0.1, -0.05) is 43.1 Å². The number of likely N-dealkylation sites (tertiary alicyclic amines) is 1. The minimum atomic E-state index is -0.0376. The molecule has 0 aromatic carbocycles. The fraction of sp³-hybridized carbons (Fsp3) is 0.933. The second-order valence-electron chi connectivity index (χ2n) is 6.48. The van der Waals surface area contributed by atoms with Gasteiger partial charge in [-0.3, -0.25) is 9.69 Å². The summed E-state index contributed by atoms with van der Waals surface area (Å²) >= 11 is 3.62. The Kier molecular flexibility index (Phi) is 6.81. The summed E-state index contributed by atoms with van der Waals surface area (Å²) in [6.45, 7) is 11.1. The smallest absolute Gasteiger partial charge is 0.323 e. The van der Waals surface area contributed by atoms with Crippen LogP contribution in [-0.2, 0) is 9.53 Å². The lowest BCUT2D eigenvalue weighted by atomic mass is 9.81. The maximum atomic E-state index is 12.1. The third kappa shape index (κ3) is 5.07. The van der Waals surface area contributed by atoms with Gasteiger partial charge in [-0.25, -0.2) is 0 Å².